The Hall–Kier alpha value is 0.470. The maximum atomic E-state index is 12.2. The number of rotatable bonds is 1. The minimum Gasteiger partial charge on any atom is -0.240 e. The summed E-state index contributed by atoms with van der Waals surface area (Å²) in [5, 5.41) is 0. The lowest BCUT2D eigenvalue weighted by atomic mass is 10.2. The summed E-state index contributed by atoms with van der Waals surface area (Å²) in [6.45, 7) is 1.80. The SMILES string of the molecule is Cc1cc(C(F)F)nc(I)c1I. The van der Waals surface area contributed by atoms with Crippen molar-refractivity contribution in [2.45, 2.75) is 13.3 Å². The molecule has 0 bridgehead atoms. The second kappa shape index (κ2) is 4.12. The molecule has 1 aromatic rings. The van der Waals surface area contributed by atoms with Crippen LogP contribution in [-0.2, 0) is 0 Å². The highest BCUT2D eigenvalue weighted by atomic mass is 127. The van der Waals surface area contributed by atoms with Gasteiger partial charge in [-0.2, -0.15) is 0 Å². The van der Waals surface area contributed by atoms with Crippen LogP contribution in [0.4, 0.5) is 8.78 Å². The molecular formula is C7H5F2I2N. The van der Waals surface area contributed by atoms with E-state index < -0.39 is 6.43 Å². The predicted octanol–water partition coefficient (Wildman–Crippen LogP) is 3.54. The highest BCUT2D eigenvalue weighted by molar-refractivity contribution is 14.1. The number of aromatic nitrogens is 1. The summed E-state index contributed by atoms with van der Waals surface area (Å²) in [7, 11) is 0. The van der Waals surface area contributed by atoms with Gasteiger partial charge in [-0.1, -0.05) is 0 Å². The number of aryl methyl sites for hydroxylation is 1. The fourth-order valence-corrected chi connectivity index (χ4v) is 1.73. The van der Waals surface area contributed by atoms with Gasteiger partial charge in [0.05, 0.1) is 0 Å². The molecule has 1 aromatic heterocycles. The third-order valence-corrected chi connectivity index (χ3v) is 4.52. The smallest absolute Gasteiger partial charge is 0.240 e. The molecule has 0 spiro atoms. The van der Waals surface area contributed by atoms with E-state index in [0.717, 1.165) is 9.13 Å². The Bertz CT molecular complexity index is 278. The van der Waals surface area contributed by atoms with Gasteiger partial charge in [-0.25, -0.2) is 13.8 Å². The second-order valence-electron chi connectivity index (χ2n) is 2.27. The fraction of sp³-hybridized carbons (Fsp3) is 0.286. The molecule has 5 heteroatoms. The van der Waals surface area contributed by atoms with Crippen LogP contribution < -0.4 is 0 Å². The van der Waals surface area contributed by atoms with Crippen LogP contribution in [0.15, 0.2) is 6.07 Å². The molecule has 1 heterocycles. The van der Waals surface area contributed by atoms with Crippen LogP contribution in [-0.4, -0.2) is 4.98 Å². The molecule has 0 atom stereocenters. The van der Waals surface area contributed by atoms with E-state index in [1.165, 1.54) is 6.07 Å². The highest BCUT2D eigenvalue weighted by Crippen LogP contribution is 2.23. The third-order valence-electron chi connectivity index (χ3n) is 1.34. The minimum atomic E-state index is -2.48. The van der Waals surface area contributed by atoms with Crippen LogP contribution in [0, 0.1) is 14.2 Å². The van der Waals surface area contributed by atoms with Gasteiger partial charge >= 0.3 is 0 Å². The maximum absolute atomic E-state index is 12.2. The molecular weight excluding hydrogens is 390 g/mol. The number of nitrogens with zero attached hydrogens (tertiary/aromatic N) is 1. The molecule has 1 nitrogen and oxygen atoms in total. The van der Waals surface area contributed by atoms with E-state index in [4.69, 9.17) is 0 Å². The molecule has 0 aliphatic rings. The van der Waals surface area contributed by atoms with Gasteiger partial charge in [0, 0.05) is 3.57 Å². The minimum absolute atomic E-state index is 0.141. The van der Waals surface area contributed by atoms with Crippen LogP contribution in [0.1, 0.15) is 17.7 Å². The number of hydrogen-bond donors (Lipinski definition) is 0. The zero-order chi connectivity index (χ0) is 9.30. The molecule has 0 aliphatic carbocycles. The van der Waals surface area contributed by atoms with Crippen LogP contribution in [0.2, 0.25) is 0 Å². The number of pyridine rings is 1. The van der Waals surface area contributed by atoms with E-state index in [1.807, 2.05) is 22.6 Å². The quantitative estimate of drug-likeness (QED) is 0.524. The zero-order valence-corrected chi connectivity index (χ0v) is 10.4. The van der Waals surface area contributed by atoms with Gasteiger partial charge in [-0.3, -0.25) is 0 Å². The molecule has 66 valence electrons. The van der Waals surface area contributed by atoms with E-state index in [-0.39, 0.29) is 5.69 Å². The summed E-state index contributed by atoms with van der Waals surface area (Å²) in [6.07, 6.45) is -2.48. The Balaban J connectivity index is 3.21. The van der Waals surface area contributed by atoms with E-state index in [0.29, 0.717) is 3.70 Å². The molecule has 0 fully saturated rings. The van der Waals surface area contributed by atoms with Gasteiger partial charge in [-0.05, 0) is 63.7 Å². The molecule has 0 aliphatic heterocycles. The largest absolute Gasteiger partial charge is 0.280 e. The van der Waals surface area contributed by atoms with Crippen molar-refractivity contribution in [1.82, 2.24) is 4.98 Å². The summed E-state index contributed by atoms with van der Waals surface area (Å²) in [6, 6.07) is 1.43. The molecule has 0 unspecified atom stereocenters. The summed E-state index contributed by atoms with van der Waals surface area (Å²) in [5.74, 6) is 0. The van der Waals surface area contributed by atoms with Crippen LogP contribution in [0.5, 0.6) is 0 Å². The van der Waals surface area contributed by atoms with E-state index in [9.17, 15) is 8.78 Å². The van der Waals surface area contributed by atoms with Crippen LogP contribution in [0.25, 0.3) is 0 Å². The van der Waals surface area contributed by atoms with Gasteiger partial charge in [0.25, 0.3) is 6.43 Å². The highest BCUT2D eigenvalue weighted by Gasteiger charge is 2.12. The molecule has 0 N–H and O–H groups in total. The van der Waals surface area contributed by atoms with Gasteiger partial charge in [0.2, 0.25) is 0 Å². The topological polar surface area (TPSA) is 12.9 Å². The Morgan fingerprint density at radius 3 is 2.42 bits per heavy atom. The molecule has 0 saturated carbocycles. The lowest BCUT2D eigenvalue weighted by Gasteiger charge is -2.04. The molecule has 1 rings (SSSR count). The first kappa shape index (κ1) is 10.6. The third kappa shape index (κ3) is 2.24. The predicted molar refractivity (Wildman–Crippen MR) is 59.4 cm³/mol. The van der Waals surface area contributed by atoms with E-state index >= 15 is 0 Å². The van der Waals surface area contributed by atoms with Crippen molar-refractivity contribution in [2.24, 2.45) is 0 Å². The molecule has 0 saturated heterocycles. The Labute approximate surface area is 96.2 Å². The van der Waals surface area contributed by atoms with Gasteiger partial charge < -0.3 is 0 Å². The van der Waals surface area contributed by atoms with Crippen molar-refractivity contribution in [3.05, 3.63) is 24.6 Å². The molecule has 0 amide bonds. The van der Waals surface area contributed by atoms with Crippen LogP contribution >= 0.6 is 45.2 Å². The fourth-order valence-electron chi connectivity index (χ4n) is 0.754. The average Bonchev–Trinajstić information content (AvgIpc) is 1.99. The van der Waals surface area contributed by atoms with Crippen molar-refractivity contribution in [1.29, 1.82) is 0 Å². The van der Waals surface area contributed by atoms with E-state index in [2.05, 4.69) is 27.6 Å². The maximum Gasteiger partial charge on any atom is 0.280 e. The first-order chi connectivity index (χ1) is 5.52. The normalized spacial score (nSPS) is 10.8. The summed E-state index contributed by atoms with van der Waals surface area (Å²) < 4.78 is 26.0. The van der Waals surface area contributed by atoms with Crippen molar-refractivity contribution < 1.29 is 8.78 Å². The van der Waals surface area contributed by atoms with Crippen molar-refractivity contribution in [3.63, 3.8) is 0 Å². The molecule has 0 radical (unpaired) electrons. The summed E-state index contributed by atoms with van der Waals surface area (Å²) >= 11 is 4.05. The summed E-state index contributed by atoms with van der Waals surface area (Å²) in [4.78, 5) is 3.76. The number of hydrogen-bond acceptors (Lipinski definition) is 1. The number of alkyl halides is 2. The monoisotopic (exact) mass is 395 g/mol. The molecule has 12 heavy (non-hydrogen) atoms. The van der Waals surface area contributed by atoms with Gasteiger partial charge in [0.15, 0.2) is 0 Å². The van der Waals surface area contributed by atoms with Gasteiger partial charge in [0.1, 0.15) is 9.39 Å². The van der Waals surface area contributed by atoms with Gasteiger partial charge in [-0.15, -0.1) is 0 Å². The Morgan fingerprint density at radius 2 is 2.00 bits per heavy atom. The Morgan fingerprint density at radius 1 is 1.42 bits per heavy atom. The lowest BCUT2D eigenvalue weighted by Crippen LogP contribution is -1.97. The zero-order valence-electron chi connectivity index (χ0n) is 6.11. The number of halogens is 4. The summed E-state index contributed by atoms with van der Waals surface area (Å²) in [5.41, 5.74) is 0.711. The van der Waals surface area contributed by atoms with Crippen LogP contribution in [0.3, 0.4) is 0 Å². The Kier molecular flexibility index (Phi) is 3.62. The van der Waals surface area contributed by atoms with Crippen molar-refractivity contribution in [3.8, 4) is 0 Å². The second-order valence-corrected chi connectivity index (χ2v) is 4.37. The standard InChI is InChI=1S/C7H5F2I2N/c1-3-2-4(6(8)9)12-7(11)5(3)10/h2,6H,1H3. The van der Waals surface area contributed by atoms with Crippen molar-refractivity contribution in [2.75, 3.05) is 0 Å². The first-order valence-corrected chi connectivity index (χ1v) is 5.29. The lowest BCUT2D eigenvalue weighted by molar-refractivity contribution is 0.145. The molecule has 0 aromatic carbocycles. The van der Waals surface area contributed by atoms with Crippen molar-refractivity contribution >= 4 is 45.2 Å². The average molecular weight is 395 g/mol. The first-order valence-electron chi connectivity index (χ1n) is 3.13. The van der Waals surface area contributed by atoms with E-state index in [1.54, 1.807) is 6.92 Å².